The zero-order valence-corrected chi connectivity index (χ0v) is 11.9. The number of rotatable bonds is 5. The molecule has 0 aromatic heterocycles. The Kier molecular flexibility index (Phi) is 3.82. The van der Waals surface area contributed by atoms with Gasteiger partial charge < -0.3 is 5.73 Å². The number of nitrogens with two attached hydrogens (primary N) is 1. The number of nitrogens with one attached hydrogen (secondary N) is 1. The van der Waals surface area contributed by atoms with E-state index in [4.69, 9.17) is 5.73 Å². The van der Waals surface area contributed by atoms with E-state index in [1.807, 2.05) is 0 Å². The smallest absolute Gasteiger partial charge is 0.243 e. The van der Waals surface area contributed by atoms with Gasteiger partial charge in [0.25, 0.3) is 0 Å². The second kappa shape index (κ2) is 5.09. The van der Waals surface area contributed by atoms with Gasteiger partial charge in [0.15, 0.2) is 0 Å². The molecule has 0 bridgehead atoms. The molecule has 2 rings (SSSR count). The number of halogens is 1. The third kappa shape index (κ3) is 3.45. The van der Waals surface area contributed by atoms with Crippen LogP contribution in [0.2, 0.25) is 0 Å². The molecule has 6 heteroatoms. The van der Waals surface area contributed by atoms with Crippen molar-refractivity contribution in [1.82, 2.24) is 4.72 Å². The molecule has 19 heavy (non-hydrogen) atoms. The first kappa shape index (κ1) is 14.3. The Hall–Kier alpha value is -1.14. The molecular weight excluding hydrogens is 267 g/mol. The molecule has 1 aliphatic carbocycles. The molecule has 0 aliphatic heterocycles. The van der Waals surface area contributed by atoms with Crippen molar-refractivity contribution >= 4 is 15.7 Å². The third-order valence-corrected chi connectivity index (χ3v) is 4.95. The van der Waals surface area contributed by atoms with Gasteiger partial charge in [-0.1, -0.05) is 12.8 Å². The van der Waals surface area contributed by atoms with Crippen molar-refractivity contribution in [3.63, 3.8) is 0 Å². The van der Waals surface area contributed by atoms with Crippen molar-refractivity contribution < 1.29 is 12.8 Å². The van der Waals surface area contributed by atoms with Gasteiger partial charge in [0.1, 0.15) is 10.7 Å². The average Bonchev–Trinajstić information content (AvgIpc) is 3.05. The summed E-state index contributed by atoms with van der Waals surface area (Å²) in [6.45, 7) is 3.43. The summed E-state index contributed by atoms with van der Waals surface area (Å²) >= 11 is 0. The number of benzene rings is 1. The molecule has 1 aromatic rings. The van der Waals surface area contributed by atoms with Gasteiger partial charge in [-0.05, 0) is 43.9 Å². The molecule has 1 atom stereocenters. The Morgan fingerprint density at radius 1 is 1.47 bits per heavy atom. The van der Waals surface area contributed by atoms with Crippen molar-refractivity contribution in [2.45, 2.75) is 44.0 Å². The molecule has 0 saturated heterocycles. The minimum absolute atomic E-state index is 0.195. The maximum Gasteiger partial charge on any atom is 0.243 e. The topological polar surface area (TPSA) is 72.2 Å². The molecule has 106 valence electrons. The van der Waals surface area contributed by atoms with E-state index in [2.05, 4.69) is 4.72 Å². The van der Waals surface area contributed by atoms with Crippen LogP contribution in [-0.4, -0.2) is 14.5 Å². The Labute approximate surface area is 113 Å². The fraction of sp³-hybridized carbons (Fsp3) is 0.538. The summed E-state index contributed by atoms with van der Waals surface area (Å²) in [6, 6.07) is 2.13. The molecular formula is C13H19FN2O2S. The Bertz CT molecular complexity index is 583. The minimum Gasteiger partial charge on any atom is -0.398 e. The molecule has 3 N–H and O–H groups in total. The van der Waals surface area contributed by atoms with Crippen LogP contribution in [0.1, 0.15) is 31.7 Å². The van der Waals surface area contributed by atoms with E-state index in [9.17, 15) is 12.8 Å². The maximum atomic E-state index is 13.8. The lowest BCUT2D eigenvalue weighted by molar-refractivity contribution is 0.520. The van der Waals surface area contributed by atoms with E-state index in [0.717, 1.165) is 25.3 Å². The van der Waals surface area contributed by atoms with Crippen LogP contribution in [0.15, 0.2) is 17.0 Å². The lowest BCUT2D eigenvalue weighted by atomic mass is 10.2. The van der Waals surface area contributed by atoms with Crippen LogP contribution in [-0.2, 0) is 10.0 Å². The second-order valence-corrected chi connectivity index (χ2v) is 7.02. The summed E-state index contributed by atoms with van der Waals surface area (Å²) in [5.41, 5.74) is 6.45. The largest absolute Gasteiger partial charge is 0.398 e. The average molecular weight is 286 g/mol. The number of sulfonamides is 1. The molecule has 0 amide bonds. The summed E-state index contributed by atoms with van der Waals surface area (Å²) < 4.78 is 40.5. The fourth-order valence-corrected chi connectivity index (χ4v) is 3.46. The zero-order chi connectivity index (χ0) is 14.2. The van der Waals surface area contributed by atoms with Crippen molar-refractivity contribution in [2.24, 2.45) is 5.92 Å². The van der Waals surface area contributed by atoms with Gasteiger partial charge in [0.05, 0.1) is 0 Å². The van der Waals surface area contributed by atoms with Gasteiger partial charge in [-0.2, -0.15) is 0 Å². The number of nitrogen functional groups attached to an aromatic ring is 1. The van der Waals surface area contributed by atoms with Crippen molar-refractivity contribution in [1.29, 1.82) is 0 Å². The van der Waals surface area contributed by atoms with E-state index >= 15 is 0 Å². The zero-order valence-electron chi connectivity index (χ0n) is 11.1. The number of hydrogen-bond donors (Lipinski definition) is 2. The Morgan fingerprint density at radius 2 is 2.11 bits per heavy atom. The first-order chi connectivity index (χ1) is 8.79. The SMILES string of the molecule is Cc1cc(F)c(S(=O)(=O)NC(C)CC2CC2)cc1N. The molecule has 0 spiro atoms. The van der Waals surface area contributed by atoms with Crippen LogP contribution in [0.25, 0.3) is 0 Å². The lowest BCUT2D eigenvalue weighted by Gasteiger charge is -2.15. The predicted octanol–water partition coefficient (Wildman–Crippen LogP) is 2.18. The maximum absolute atomic E-state index is 13.8. The van der Waals surface area contributed by atoms with Gasteiger partial charge in [-0.3, -0.25) is 0 Å². The van der Waals surface area contributed by atoms with E-state index in [0.29, 0.717) is 11.5 Å². The minimum atomic E-state index is -3.85. The van der Waals surface area contributed by atoms with E-state index in [1.165, 1.54) is 6.07 Å². The predicted molar refractivity (Wildman–Crippen MR) is 72.7 cm³/mol. The van der Waals surface area contributed by atoms with Crippen LogP contribution in [0.4, 0.5) is 10.1 Å². The monoisotopic (exact) mass is 286 g/mol. The normalized spacial score (nSPS) is 17.4. The summed E-state index contributed by atoms with van der Waals surface area (Å²) in [7, 11) is -3.85. The van der Waals surface area contributed by atoms with Gasteiger partial charge in [0, 0.05) is 11.7 Å². The molecule has 1 fully saturated rings. The Balaban J connectivity index is 2.20. The number of anilines is 1. The van der Waals surface area contributed by atoms with Gasteiger partial charge in [-0.15, -0.1) is 0 Å². The second-order valence-electron chi connectivity index (χ2n) is 5.34. The van der Waals surface area contributed by atoms with Gasteiger partial charge in [0.2, 0.25) is 10.0 Å². The molecule has 1 aromatic carbocycles. The Morgan fingerprint density at radius 3 is 2.68 bits per heavy atom. The van der Waals surface area contributed by atoms with Crippen LogP contribution in [0.5, 0.6) is 0 Å². The first-order valence-electron chi connectivity index (χ1n) is 6.37. The highest BCUT2D eigenvalue weighted by molar-refractivity contribution is 7.89. The van der Waals surface area contributed by atoms with Crippen LogP contribution in [0, 0.1) is 18.7 Å². The van der Waals surface area contributed by atoms with Crippen molar-refractivity contribution in [3.8, 4) is 0 Å². The highest BCUT2D eigenvalue weighted by atomic mass is 32.2. The highest BCUT2D eigenvalue weighted by Crippen LogP contribution is 2.33. The molecule has 0 radical (unpaired) electrons. The third-order valence-electron chi connectivity index (χ3n) is 3.35. The highest BCUT2D eigenvalue weighted by Gasteiger charge is 2.27. The quantitative estimate of drug-likeness (QED) is 0.815. The lowest BCUT2D eigenvalue weighted by Crippen LogP contribution is -2.33. The number of aryl methyl sites for hydroxylation is 1. The molecule has 0 heterocycles. The van der Waals surface area contributed by atoms with Gasteiger partial charge in [-0.25, -0.2) is 17.5 Å². The van der Waals surface area contributed by atoms with Crippen molar-refractivity contribution in [3.05, 3.63) is 23.5 Å². The van der Waals surface area contributed by atoms with E-state index in [1.54, 1.807) is 13.8 Å². The standard InChI is InChI=1S/C13H19FN2O2S/c1-8-5-11(14)13(7-12(8)15)19(17,18)16-9(2)6-10-3-4-10/h5,7,9-10,16H,3-4,6,15H2,1-2H3. The van der Waals surface area contributed by atoms with Crippen LogP contribution in [0.3, 0.4) is 0 Å². The summed E-state index contributed by atoms with van der Waals surface area (Å²) in [5, 5.41) is 0. The summed E-state index contributed by atoms with van der Waals surface area (Å²) in [5.74, 6) is -0.163. The molecule has 1 aliphatic rings. The van der Waals surface area contributed by atoms with Gasteiger partial charge >= 0.3 is 0 Å². The first-order valence-corrected chi connectivity index (χ1v) is 7.86. The molecule has 1 saturated carbocycles. The van der Waals surface area contributed by atoms with Crippen LogP contribution < -0.4 is 10.5 Å². The molecule has 1 unspecified atom stereocenters. The fourth-order valence-electron chi connectivity index (χ4n) is 2.10. The number of hydrogen-bond acceptors (Lipinski definition) is 3. The summed E-state index contributed by atoms with van der Waals surface area (Å²) in [6.07, 6.45) is 3.10. The van der Waals surface area contributed by atoms with E-state index < -0.39 is 15.8 Å². The van der Waals surface area contributed by atoms with E-state index in [-0.39, 0.29) is 16.6 Å². The van der Waals surface area contributed by atoms with Crippen LogP contribution >= 0.6 is 0 Å². The summed E-state index contributed by atoms with van der Waals surface area (Å²) in [4.78, 5) is -0.377. The van der Waals surface area contributed by atoms with Crippen molar-refractivity contribution in [2.75, 3.05) is 5.73 Å². The molecule has 4 nitrogen and oxygen atoms in total.